The zero-order chi connectivity index (χ0) is 29.9. The van der Waals surface area contributed by atoms with Crippen molar-refractivity contribution in [3.63, 3.8) is 0 Å². The lowest BCUT2D eigenvalue weighted by molar-refractivity contribution is -0.123. The molecule has 2 fully saturated rings. The molecule has 2 aromatic rings. The predicted molar refractivity (Wildman–Crippen MR) is 164 cm³/mol. The number of piperazine rings is 1. The largest absolute Gasteiger partial charge is 0.444 e. The Balaban J connectivity index is 1.06. The molecule has 42 heavy (non-hydrogen) atoms. The summed E-state index contributed by atoms with van der Waals surface area (Å²) in [6.07, 6.45) is 8.10. The third kappa shape index (κ3) is 7.59. The number of nitrogens with zero attached hydrogens (tertiary/aromatic N) is 4. The van der Waals surface area contributed by atoms with Crippen molar-refractivity contribution < 1.29 is 19.1 Å². The maximum Gasteiger partial charge on any atom is 0.407 e. The van der Waals surface area contributed by atoms with Gasteiger partial charge in [-0.25, -0.2) is 4.79 Å². The Hall–Kier alpha value is -3.66. The number of hydrogen-bond acceptors (Lipinski definition) is 7. The number of alkyl carbamates (subject to hydrolysis) is 1. The molecular formula is C32H44N6O4. The van der Waals surface area contributed by atoms with Crippen molar-refractivity contribution in [1.29, 1.82) is 0 Å². The molecule has 1 saturated heterocycles. The number of ether oxygens (including phenoxy) is 1. The normalized spacial score (nSPS) is 21.5. The van der Waals surface area contributed by atoms with Gasteiger partial charge < -0.3 is 25.2 Å². The van der Waals surface area contributed by atoms with Crippen LogP contribution in [0.5, 0.6) is 0 Å². The van der Waals surface area contributed by atoms with Crippen LogP contribution >= 0.6 is 0 Å². The molecule has 3 amide bonds. The van der Waals surface area contributed by atoms with E-state index in [1.807, 2.05) is 46.3 Å². The highest BCUT2D eigenvalue weighted by atomic mass is 16.6. The van der Waals surface area contributed by atoms with E-state index in [0.717, 1.165) is 80.8 Å². The lowest BCUT2D eigenvalue weighted by Gasteiger charge is -2.36. The molecule has 1 aromatic carbocycles. The maximum atomic E-state index is 12.8. The summed E-state index contributed by atoms with van der Waals surface area (Å²) in [5, 5.41) is 6.16. The van der Waals surface area contributed by atoms with Gasteiger partial charge in [0, 0.05) is 69.2 Å². The molecule has 3 aliphatic rings. The lowest BCUT2D eigenvalue weighted by atomic mass is 9.91. The highest BCUT2D eigenvalue weighted by molar-refractivity contribution is 5.96. The Bertz CT molecular complexity index is 1290. The topological polar surface area (TPSA) is 107 Å². The van der Waals surface area contributed by atoms with Crippen LogP contribution in [0.2, 0.25) is 0 Å². The van der Waals surface area contributed by atoms with Gasteiger partial charge in [-0.05, 0) is 82.2 Å². The monoisotopic (exact) mass is 576 g/mol. The summed E-state index contributed by atoms with van der Waals surface area (Å²) in [7, 11) is 1.84. The van der Waals surface area contributed by atoms with E-state index in [1.165, 1.54) is 5.56 Å². The Morgan fingerprint density at radius 3 is 2.31 bits per heavy atom. The van der Waals surface area contributed by atoms with Crippen molar-refractivity contribution in [2.24, 2.45) is 0 Å². The van der Waals surface area contributed by atoms with E-state index in [2.05, 4.69) is 43.6 Å². The number of nitrogens with one attached hydrogen (secondary N) is 2. The van der Waals surface area contributed by atoms with Crippen LogP contribution in [0.4, 0.5) is 16.2 Å². The van der Waals surface area contributed by atoms with Gasteiger partial charge in [0.25, 0.3) is 0 Å². The van der Waals surface area contributed by atoms with Crippen LogP contribution in [-0.4, -0.2) is 85.2 Å². The number of fused-ring (bicyclic) bond motifs is 1. The van der Waals surface area contributed by atoms with E-state index in [9.17, 15) is 14.4 Å². The van der Waals surface area contributed by atoms with E-state index >= 15 is 0 Å². The van der Waals surface area contributed by atoms with Gasteiger partial charge in [-0.1, -0.05) is 6.07 Å². The smallest absolute Gasteiger partial charge is 0.407 e. The number of anilines is 2. The Kier molecular flexibility index (Phi) is 9.01. The van der Waals surface area contributed by atoms with Crippen molar-refractivity contribution in [2.45, 2.75) is 77.0 Å². The van der Waals surface area contributed by atoms with E-state index in [-0.39, 0.29) is 30.0 Å². The van der Waals surface area contributed by atoms with Gasteiger partial charge in [0.15, 0.2) is 0 Å². The average molecular weight is 577 g/mol. The third-order valence-corrected chi connectivity index (χ3v) is 8.40. The molecule has 0 bridgehead atoms. The zero-order valence-electron chi connectivity index (χ0n) is 25.3. The fourth-order valence-electron chi connectivity index (χ4n) is 6.09. The van der Waals surface area contributed by atoms with Crippen LogP contribution in [0.25, 0.3) is 11.1 Å². The first-order valence-corrected chi connectivity index (χ1v) is 15.1. The summed E-state index contributed by atoms with van der Waals surface area (Å²) in [6.45, 7) is 9.25. The first-order chi connectivity index (χ1) is 20.0. The molecule has 0 radical (unpaired) electrons. The molecule has 1 aromatic heterocycles. The second-order valence-corrected chi connectivity index (χ2v) is 12.8. The lowest BCUT2D eigenvalue weighted by Crippen LogP contribution is -2.51. The molecule has 0 spiro atoms. The second kappa shape index (κ2) is 12.7. The van der Waals surface area contributed by atoms with Crippen molar-refractivity contribution in [3.8, 4) is 11.1 Å². The molecule has 10 heteroatoms. The number of hydrogen-bond donors (Lipinski definition) is 2. The third-order valence-electron chi connectivity index (χ3n) is 8.40. The molecule has 0 unspecified atom stereocenters. The van der Waals surface area contributed by atoms with Crippen LogP contribution in [0, 0.1) is 0 Å². The van der Waals surface area contributed by atoms with Crippen LogP contribution < -0.4 is 20.4 Å². The van der Waals surface area contributed by atoms with Crippen molar-refractivity contribution in [1.82, 2.24) is 20.5 Å². The summed E-state index contributed by atoms with van der Waals surface area (Å²) in [5.74, 6) is 0.225. The maximum absolute atomic E-state index is 12.8. The molecule has 0 atom stereocenters. The van der Waals surface area contributed by atoms with Gasteiger partial charge >= 0.3 is 6.09 Å². The Morgan fingerprint density at radius 2 is 1.62 bits per heavy atom. The number of benzene rings is 1. The number of carbonyl (C=O) groups is 3. The highest BCUT2D eigenvalue weighted by Gasteiger charge is 2.27. The van der Waals surface area contributed by atoms with E-state index in [1.54, 1.807) is 4.90 Å². The predicted octanol–water partition coefficient (Wildman–Crippen LogP) is 3.73. The summed E-state index contributed by atoms with van der Waals surface area (Å²) in [4.78, 5) is 47.7. The zero-order valence-corrected chi connectivity index (χ0v) is 25.3. The average Bonchev–Trinajstić information content (AvgIpc) is 2.95. The first kappa shape index (κ1) is 29.8. The molecule has 226 valence electrons. The Morgan fingerprint density at radius 1 is 0.929 bits per heavy atom. The van der Waals surface area contributed by atoms with Gasteiger partial charge in [0.2, 0.25) is 11.8 Å². The van der Waals surface area contributed by atoms with Crippen LogP contribution in [0.1, 0.15) is 58.4 Å². The molecule has 10 nitrogen and oxygen atoms in total. The minimum absolute atomic E-state index is 0.0652. The fraction of sp³-hybridized carbons (Fsp3) is 0.562. The molecule has 5 rings (SSSR count). The van der Waals surface area contributed by atoms with E-state index in [0.29, 0.717) is 13.0 Å². The number of pyridine rings is 1. The Labute approximate surface area is 248 Å². The molecule has 2 aliphatic heterocycles. The molecular weight excluding hydrogens is 532 g/mol. The van der Waals surface area contributed by atoms with Crippen molar-refractivity contribution in [3.05, 3.63) is 42.2 Å². The molecule has 1 aliphatic carbocycles. The van der Waals surface area contributed by atoms with Crippen LogP contribution in [0.15, 0.2) is 36.7 Å². The minimum Gasteiger partial charge on any atom is -0.444 e. The van der Waals surface area contributed by atoms with Crippen molar-refractivity contribution in [2.75, 3.05) is 49.6 Å². The first-order valence-electron chi connectivity index (χ1n) is 15.1. The van der Waals surface area contributed by atoms with Gasteiger partial charge in [0.1, 0.15) is 5.60 Å². The van der Waals surface area contributed by atoms with E-state index in [4.69, 9.17) is 4.74 Å². The molecule has 3 heterocycles. The molecule has 2 N–H and O–H groups in total. The van der Waals surface area contributed by atoms with Gasteiger partial charge in [-0.15, -0.1) is 0 Å². The number of aryl methyl sites for hydroxylation is 1. The molecule has 1 saturated carbocycles. The quantitative estimate of drug-likeness (QED) is 0.540. The summed E-state index contributed by atoms with van der Waals surface area (Å²) in [6, 6.07) is 8.70. The minimum atomic E-state index is -0.508. The summed E-state index contributed by atoms with van der Waals surface area (Å²) in [5.41, 5.74) is 4.92. The standard InChI is InChI=1S/C32H44N6O4/c1-32(2,3)42-31(41)35-26-9-7-25(8-10-26)34-29(39)21-37-13-15-38(16-14-37)27-18-24(19-33-20-27)22-5-11-28-23(17-22)6-12-30(40)36(28)4/h5,11,17-20,25-26H,6-10,12-16,21H2,1-4H3,(H,34,39)(H,35,41). The second-order valence-electron chi connectivity index (χ2n) is 12.8. The number of aromatic nitrogens is 1. The number of carbonyl (C=O) groups excluding carboxylic acids is 3. The number of rotatable bonds is 6. The van der Waals surface area contributed by atoms with Crippen molar-refractivity contribution >= 4 is 29.3 Å². The summed E-state index contributed by atoms with van der Waals surface area (Å²) >= 11 is 0. The number of amides is 3. The van der Waals surface area contributed by atoms with Crippen LogP contribution in [-0.2, 0) is 20.7 Å². The SMILES string of the molecule is CN1C(=O)CCc2cc(-c3cncc(N4CCN(CC(=O)NC5CCC(NC(=O)OC(C)(C)C)CC5)CC4)c3)ccc21. The van der Waals surface area contributed by atoms with Gasteiger partial charge in [0.05, 0.1) is 18.4 Å². The van der Waals surface area contributed by atoms with E-state index < -0.39 is 5.60 Å². The van der Waals surface area contributed by atoms with Crippen LogP contribution in [0.3, 0.4) is 0 Å². The van der Waals surface area contributed by atoms with Gasteiger partial charge in [-0.3, -0.25) is 19.5 Å². The van der Waals surface area contributed by atoms with Gasteiger partial charge in [-0.2, -0.15) is 0 Å². The highest BCUT2D eigenvalue weighted by Crippen LogP contribution is 2.32. The fourth-order valence-corrected chi connectivity index (χ4v) is 6.09. The summed E-state index contributed by atoms with van der Waals surface area (Å²) < 4.78 is 5.36.